The number of fused-ring (bicyclic) bond motifs is 1. The van der Waals surface area contributed by atoms with Crippen molar-refractivity contribution >= 4 is 15.9 Å². The summed E-state index contributed by atoms with van der Waals surface area (Å²) in [7, 11) is 0. The second-order valence-corrected chi connectivity index (χ2v) is 6.42. The zero-order valence-electron chi connectivity index (χ0n) is 11.1. The summed E-state index contributed by atoms with van der Waals surface area (Å²) >= 11 is 3.28. The molecule has 5 atom stereocenters. The minimum Gasteiger partial charge on any atom is -0.388 e. The molecule has 2 aliphatic heterocycles. The van der Waals surface area contributed by atoms with Crippen molar-refractivity contribution in [3.05, 3.63) is 16.9 Å². The Morgan fingerprint density at radius 3 is 2.85 bits per heavy atom. The van der Waals surface area contributed by atoms with E-state index < -0.39 is 36.5 Å². The molecule has 8 heteroatoms. The van der Waals surface area contributed by atoms with Gasteiger partial charge in [0.25, 0.3) is 0 Å². The Labute approximate surface area is 124 Å². The first-order valence-corrected chi connectivity index (χ1v) is 7.20. The average molecular weight is 349 g/mol. The highest BCUT2D eigenvalue weighted by Crippen LogP contribution is 2.38. The second-order valence-electron chi connectivity index (χ2n) is 5.51. The minimum absolute atomic E-state index is 0.218. The van der Waals surface area contributed by atoms with Gasteiger partial charge in [-0.3, -0.25) is 4.68 Å². The Kier molecular flexibility index (Phi) is 3.64. The molecule has 3 heterocycles. The molecule has 0 amide bonds. The molecule has 20 heavy (non-hydrogen) atoms. The SMILES string of the molecule is CC1(C)O[C@@H]2O[C@H]([C@H](O)Cn3cc(Br)cn3)[C@H](O)[C@@H]2O1. The van der Waals surface area contributed by atoms with Crippen LogP contribution in [-0.4, -0.2) is 56.5 Å². The first kappa shape index (κ1) is 14.4. The van der Waals surface area contributed by atoms with Crippen molar-refractivity contribution in [3.8, 4) is 0 Å². The van der Waals surface area contributed by atoms with Crippen LogP contribution < -0.4 is 0 Å². The van der Waals surface area contributed by atoms with Crippen LogP contribution in [0.4, 0.5) is 0 Å². The number of halogens is 1. The lowest BCUT2D eigenvalue weighted by molar-refractivity contribution is -0.226. The van der Waals surface area contributed by atoms with E-state index >= 15 is 0 Å². The highest BCUT2D eigenvalue weighted by atomic mass is 79.9. The van der Waals surface area contributed by atoms with Gasteiger partial charge in [0.05, 0.1) is 17.2 Å². The Morgan fingerprint density at radius 1 is 1.50 bits per heavy atom. The van der Waals surface area contributed by atoms with Crippen molar-refractivity contribution in [2.75, 3.05) is 0 Å². The third-order valence-corrected chi connectivity index (χ3v) is 3.82. The summed E-state index contributed by atoms with van der Waals surface area (Å²) in [5, 5.41) is 24.5. The summed E-state index contributed by atoms with van der Waals surface area (Å²) in [5.41, 5.74) is 0. The van der Waals surface area contributed by atoms with Crippen LogP contribution in [-0.2, 0) is 20.8 Å². The number of aromatic nitrogens is 2. The molecule has 2 fully saturated rings. The van der Waals surface area contributed by atoms with Crippen LogP contribution in [0.2, 0.25) is 0 Å². The van der Waals surface area contributed by atoms with E-state index in [2.05, 4.69) is 21.0 Å². The van der Waals surface area contributed by atoms with Crippen molar-refractivity contribution < 1.29 is 24.4 Å². The molecule has 0 aromatic carbocycles. The van der Waals surface area contributed by atoms with Gasteiger partial charge in [0.1, 0.15) is 24.4 Å². The fourth-order valence-electron chi connectivity index (χ4n) is 2.57. The lowest BCUT2D eigenvalue weighted by Gasteiger charge is -2.25. The highest BCUT2D eigenvalue weighted by molar-refractivity contribution is 9.10. The molecule has 0 saturated carbocycles. The lowest BCUT2D eigenvalue weighted by atomic mass is 10.1. The van der Waals surface area contributed by atoms with Gasteiger partial charge in [0.2, 0.25) is 0 Å². The van der Waals surface area contributed by atoms with Crippen LogP contribution in [0, 0.1) is 0 Å². The van der Waals surface area contributed by atoms with E-state index in [1.165, 1.54) is 0 Å². The molecule has 2 aliphatic rings. The van der Waals surface area contributed by atoms with Crippen LogP contribution in [0.1, 0.15) is 13.8 Å². The molecule has 2 saturated heterocycles. The number of hydrogen-bond acceptors (Lipinski definition) is 6. The standard InChI is InChI=1S/C12H17BrN2O5/c1-12(2)19-10-8(17)9(18-11(10)20-12)7(16)5-15-4-6(13)3-14-15/h3-4,7-11,16-17H,5H2,1-2H3/t7-,8+,9-,10+,11+/m1/s1. The molecule has 1 aromatic heterocycles. The number of nitrogens with zero attached hydrogens (tertiary/aromatic N) is 2. The topological polar surface area (TPSA) is 86.0 Å². The molecule has 3 rings (SSSR count). The van der Waals surface area contributed by atoms with Crippen molar-refractivity contribution in [2.45, 2.75) is 56.9 Å². The number of ether oxygens (including phenoxy) is 3. The van der Waals surface area contributed by atoms with Gasteiger partial charge in [0, 0.05) is 6.20 Å². The van der Waals surface area contributed by atoms with Gasteiger partial charge in [-0.2, -0.15) is 5.10 Å². The van der Waals surface area contributed by atoms with Gasteiger partial charge in [-0.15, -0.1) is 0 Å². The van der Waals surface area contributed by atoms with E-state index in [1.54, 1.807) is 30.9 Å². The van der Waals surface area contributed by atoms with Gasteiger partial charge in [-0.1, -0.05) is 0 Å². The van der Waals surface area contributed by atoms with Crippen LogP contribution in [0.3, 0.4) is 0 Å². The van der Waals surface area contributed by atoms with Crippen LogP contribution >= 0.6 is 15.9 Å². The fraction of sp³-hybridized carbons (Fsp3) is 0.750. The van der Waals surface area contributed by atoms with Crippen molar-refractivity contribution in [1.82, 2.24) is 9.78 Å². The van der Waals surface area contributed by atoms with E-state index in [4.69, 9.17) is 14.2 Å². The molecule has 0 unspecified atom stereocenters. The third-order valence-electron chi connectivity index (χ3n) is 3.41. The van der Waals surface area contributed by atoms with Crippen molar-refractivity contribution in [1.29, 1.82) is 0 Å². The van der Waals surface area contributed by atoms with Gasteiger partial charge in [0.15, 0.2) is 12.1 Å². The molecule has 7 nitrogen and oxygen atoms in total. The highest BCUT2D eigenvalue weighted by Gasteiger charge is 2.55. The molecule has 0 radical (unpaired) electrons. The first-order valence-electron chi connectivity index (χ1n) is 6.41. The molecule has 1 aromatic rings. The van der Waals surface area contributed by atoms with Gasteiger partial charge in [-0.05, 0) is 29.8 Å². The molecular formula is C12H17BrN2O5. The molecule has 0 spiro atoms. The summed E-state index contributed by atoms with van der Waals surface area (Å²) in [4.78, 5) is 0. The predicted molar refractivity (Wildman–Crippen MR) is 70.6 cm³/mol. The summed E-state index contributed by atoms with van der Waals surface area (Å²) in [5.74, 6) is -0.779. The van der Waals surface area contributed by atoms with E-state index in [1.807, 2.05) is 0 Å². The first-order chi connectivity index (χ1) is 9.35. The Hall–Kier alpha value is -0.510. The van der Waals surface area contributed by atoms with Gasteiger partial charge < -0.3 is 24.4 Å². The van der Waals surface area contributed by atoms with Gasteiger partial charge in [-0.25, -0.2) is 0 Å². The Bertz CT molecular complexity index is 494. The van der Waals surface area contributed by atoms with Gasteiger partial charge >= 0.3 is 0 Å². The number of rotatable bonds is 3. The largest absolute Gasteiger partial charge is 0.388 e. The maximum absolute atomic E-state index is 10.2. The smallest absolute Gasteiger partial charge is 0.190 e. The molecule has 0 aliphatic carbocycles. The predicted octanol–water partition coefficient (Wildman–Crippen LogP) is 0.244. The fourth-order valence-corrected chi connectivity index (χ4v) is 2.90. The zero-order valence-corrected chi connectivity index (χ0v) is 12.7. The molecular weight excluding hydrogens is 332 g/mol. The van der Waals surface area contributed by atoms with Crippen molar-refractivity contribution in [2.24, 2.45) is 0 Å². The number of hydrogen-bond donors (Lipinski definition) is 2. The second kappa shape index (κ2) is 5.04. The van der Waals surface area contributed by atoms with E-state index in [0.29, 0.717) is 0 Å². The minimum atomic E-state index is -0.934. The van der Waals surface area contributed by atoms with E-state index in [0.717, 1.165) is 4.47 Å². The quantitative estimate of drug-likeness (QED) is 0.813. The molecule has 112 valence electrons. The van der Waals surface area contributed by atoms with Crippen LogP contribution in [0.5, 0.6) is 0 Å². The maximum Gasteiger partial charge on any atom is 0.190 e. The normalized spacial score (nSPS) is 37.0. The summed E-state index contributed by atoms with van der Waals surface area (Å²) in [6.07, 6.45) is -0.459. The third kappa shape index (κ3) is 2.63. The van der Waals surface area contributed by atoms with Crippen molar-refractivity contribution in [3.63, 3.8) is 0 Å². The number of aliphatic hydroxyl groups excluding tert-OH is 2. The summed E-state index contributed by atoms with van der Waals surface area (Å²) < 4.78 is 19.1. The summed E-state index contributed by atoms with van der Waals surface area (Å²) in [6, 6.07) is 0. The van der Waals surface area contributed by atoms with E-state index in [-0.39, 0.29) is 6.54 Å². The molecule has 2 N–H and O–H groups in total. The maximum atomic E-state index is 10.2. The van der Waals surface area contributed by atoms with Crippen LogP contribution in [0.15, 0.2) is 16.9 Å². The lowest BCUT2D eigenvalue weighted by Crippen LogP contribution is -2.42. The Balaban J connectivity index is 1.64. The molecule has 0 bridgehead atoms. The Morgan fingerprint density at radius 2 is 2.25 bits per heavy atom. The average Bonchev–Trinajstić information content (AvgIpc) is 2.95. The van der Waals surface area contributed by atoms with Crippen LogP contribution in [0.25, 0.3) is 0 Å². The van der Waals surface area contributed by atoms with E-state index in [9.17, 15) is 10.2 Å². The monoisotopic (exact) mass is 348 g/mol. The number of aliphatic hydroxyl groups is 2. The zero-order chi connectivity index (χ0) is 14.5. The summed E-state index contributed by atoms with van der Waals surface area (Å²) in [6.45, 7) is 3.73.